The molecule has 0 fully saturated rings. The third kappa shape index (κ3) is 5.15. The van der Waals surface area contributed by atoms with Crippen LogP contribution in [0.2, 0.25) is 0 Å². The number of nitrogens with one attached hydrogen (secondary N) is 2. The summed E-state index contributed by atoms with van der Waals surface area (Å²) in [7, 11) is 0. The van der Waals surface area contributed by atoms with E-state index in [1.807, 2.05) is 50.6 Å². The average molecular weight is 436 g/mol. The van der Waals surface area contributed by atoms with E-state index in [9.17, 15) is 9.59 Å². The first-order chi connectivity index (χ1) is 15.2. The summed E-state index contributed by atoms with van der Waals surface area (Å²) in [5, 5.41) is 11.1. The normalized spacial score (nSPS) is 12.4. The topological polar surface area (TPSA) is 88.9 Å². The van der Waals surface area contributed by atoms with Crippen LogP contribution in [0.25, 0.3) is 11.0 Å². The molecule has 7 nitrogen and oxygen atoms in total. The fourth-order valence-corrected chi connectivity index (χ4v) is 3.36. The van der Waals surface area contributed by atoms with Gasteiger partial charge in [-0.1, -0.05) is 32.9 Å². The molecule has 170 valence electrons. The standard InChI is InChI=1S/C25H33N5O2/c1-7-17(6)28-24(31)19-10-8-18(9-11-19)13-26-25(32)20-12-22(15(2)3)29-23-21(20)14-27-30(23)16(4)5/h8-12,14-17H,7,13H2,1-6H3,(H,26,32)(H,28,31). The summed E-state index contributed by atoms with van der Waals surface area (Å²) in [6.07, 6.45) is 2.60. The predicted molar refractivity (Wildman–Crippen MR) is 127 cm³/mol. The molecule has 0 saturated heterocycles. The van der Waals surface area contributed by atoms with Crippen molar-refractivity contribution in [2.45, 2.75) is 72.5 Å². The van der Waals surface area contributed by atoms with Crippen molar-refractivity contribution in [2.24, 2.45) is 0 Å². The summed E-state index contributed by atoms with van der Waals surface area (Å²) in [6.45, 7) is 12.6. The number of hydrogen-bond acceptors (Lipinski definition) is 4. The molecule has 1 atom stereocenters. The number of fused-ring (bicyclic) bond motifs is 1. The molecule has 2 amide bonds. The van der Waals surface area contributed by atoms with Crippen molar-refractivity contribution in [3.63, 3.8) is 0 Å². The van der Waals surface area contributed by atoms with E-state index in [0.29, 0.717) is 17.7 Å². The molecule has 32 heavy (non-hydrogen) atoms. The first kappa shape index (κ1) is 23.4. The van der Waals surface area contributed by atoms with Crippen LogP contribution in [0.4, 0.5) is 0 Å². The first-order valence-corrected chi connectivity index (χ1v) is 11.3. The Hall–Kier alpha value is -3.22. The molecule has 7 heteroatoms. The predicted octanol–water partition coefficient (Wildman–Crippen LogP) is 4.59. The number of carbonyl (C=O) groups is 2. The second-order valence-electron chi connectivity index (χ2n) is 8.83. The van der Waals surface area contributed by atoms with Gasteiger partial charge in [-0.25, -0.2) is 9.67 Å². The lowest BCUT2D eigenvalue weighted by Crippen LogP contribution is -2.31. The van der Waals surface area contributed by atoms with Gasteiger partial charge in [0.1, 0.15) is 0 Å². The van der Waals surface area contributed by atoms with E-state index in [-0.39, 0.29) is 29.8 Å². The van der Waals surface area contributed by atoms with E-state index >= 15 is 0 Å². The number of carbonyl (C=O) groups excluding carboxylic acids is 2. The van der Waals surface area contributed by atoms with E-state index in [1.165, 1.54) is 0 Å². The lowest BCUT2D eigenvalue weighted by atomic mass is 10.0. The third-order valence-electron chi connectivity index (χ3n) is 5.57. The molecule has 2 aromatic heterocycles. The van der Waals surface area contributed by atoms with Crippen LogP contribution in [0.1, 0.15) is 91.9 Å². The average Bonchev–Trinajstić information content (AvgIpc) is 3.21. The number of amides is 2. The van der Waals surface area contributed by atoms with Crippen molar-refractivity contribution in [1.82, 2.24) is 25.4 Å². The smallest absolute Gasteiger partial charge is 0.252 e. The van der Waals surface area contributed by atoms with Crippen LogP contribution in [-0.2, 0) is 6.54 Å². The van der Waals surface area contributed by atoms with Crippen molar-refractivity contribution < 1.29 is 9.59 Å². The highest BCUT2D eigenvalue weighted by molar-refractivity contribution is 6.05. The van der Waals surface area contributed by atoms with Gasteiger partial charge in [-0.15, -0.1) is 0 Å². The summed E-state index contributed by atoms with van der Waals surface area (Å²) < 4.78 is 1.85. The van der Waals surface area contributed by atoms with Crippen LogP contribution in [-0.4, -0.2) is 32.6 Å². The quantitative estimate of drug-likeness (QED) is 0.541. The Morgan fingerprint density at radius 1 is 1.03 bits per heavy atom. The Balaban J connectivity index is 1.77. The first-order valence-electron chi connectivity index (χ1n) is 11.3. The SMILES string of the molecule is CCC(C)NC(=O)c1ccc(CNC(=O)c2cc(C(C)C)nc3c2cnn3C(C)C)cc1. The van der Waals surface area contributed by atoms with E-state index in [4.69, 9.17) is 4.98 Å². The Bertz CT molecular complexity index is 1100. The Morgan fingerprint density at radius 3 is 2.31 bits per heavy atom. The van der Waals surface area contributed by atoms with Crippen molar-refractivity contribution in [3.05, 3.63) is 58.9 Å². The fourth-order valence-electron chi connectivity index (χ4n) is 3.36. The molecule has 0 spiro atoms. The van der Waals surface area contributed by atoms with Crippen LogP contribution in [0.15, 0.2) is 36.5 Å². The minimum atomic E-state index is -0.166. The zero-order chi connectivity index (χ0) is 23.4. The van der Waals surface area contributed by atoms with Gasteiger partial charge in [0.05, 0.1) is 17.1 Å². The van der Waals surface area contributed by atoms with Gasteiger partial charge in [0.15, 0.2) is 5.65 Å². The Labute approximate surface area is 189 Å². The molecule has 0 aliphatic rings. The van der Waals surface area contributed by atoms with Crippen molar-refractivity contribution in [2.75, 3.05) is 0 Å². The molecule has 0 aliphatic carbocycles. The van der Waals surface area contributed by atoms with E-state index in [0.717, 1.165) is 28.7 Å². The maximum atomic E-state index is 13.1. The highest BCUT2D eigenvalue weighted by Gasteiger charge is 2.19. The van der Waals surface area contributed by atoms with Crippen LogP contribution in [0, 0.1) is 0 Å². The highest BCUT2D eigenvalue weighted by atomic mass is 16.2. The summed E-state index contributed by atoms with van der Waals surface area (Å²) in [6, 6.07) is 9.44. The van der Waals surface area contributed by atoms with Crippen molar-refractivity contribution in [1.29, 1.82) is 0 Å². The van der Waals surface area contributed by atoms with Crippen molar-refractivity contribution >= 4 is 22.8 Å². The Morgan fingerprint density at radius 2 is 1.72 bits per heavy atom. The van der Waals surface area contributed by atoms with Crippen LogP contribution in [0.5, 0.6) is 0 Å². The zero-order valence-corrected chi connectivity index (χ0v) is 19.8. The molecule has 0 aliphatic heterocycles. The molecule has 0 bridgehead atoms. The number of pyridine rings is 1. The van der Waals surface area contributed by atoms with E-state index < -0.39 is 0 Å². The van der Waals surface area contributed by atoms with Crippen molar-refractivity contribution in [3.8, 4) is 0 Å². The van der Waals surface area contributed by atoms with Crippen LogP contribution >= 0.6 is 0 Å². The second kappa shape index (κ2) is 9.94. The molecule has 2 heterocycles. The van der Waals surface area contributed by atoms with Gasteiger partial charge in [-0.05, 0) is 56.9 Å². The number of rotatable bonds is 8. The van der Waals surface area contributed by atoms with Crippen LogP contribution < -0.4 is 10.6 Å². The Kier molecular flexibility index (Phi) is 7.28. The highest BCUT2D eigenvalue weighted by Crippen LogP contribution is 2.24. The van der Waals surface area contributed by atoms with Gasteiger partial charge in [0.25, 0.3) is 11.8 Å². The third-order valence-corrected chi connectivity index (χ3v) is 5.57. The summed E-state index contributed by atoms with van der Waals surface area (Å²) in [5.41, 5.74) is 3.70. The molecular formula is C25H33N5O2. The largest absolute Gasteiger partial charge is 0.350 e. The summed E-state index contributed by atoms with van der Waals surface area (Å²) >= 11 is 0. The lowest BCUT2D eigenvalue weighted by Gasteiger charge is -2.13. The molecule has 2 N–H and O–H groups in total. The maximum absolute atomic E-state index is 13.1. The minimum Gasteiger partial charge on any atom is -0.350 e. The molecule has 3 aromatic rings. The molecule has 1 unspecified atom stereocenters. The number of nitrogens with zero attached hydrogens (tertiary/aromatic N) is 3. The molecule has 1 aromatic carbocycles. The van der Waals surface area contributed by atoms with Gasteiger partial charge < -0.3 is 10.6 Å². The number of hydrogen-bond donors (Lipinski definition) is 2. The molecule has 0 radical (unpaired) electrons. The molecular weight excluding hydrogens is 402 g/mol. The van der Waals surface area contributed by atoms with E-state index in [2.05, 4.69) is 29.6 Å². The van der Waals surface area contributed by atoms with Gasteiger partial charge >= 0.3 is 0 Å². The van der Waals surface area contributed by atoms with Gasteiger partial charge in [-0.3, -0.25) is 9.59 Å². The zero-order valence-electron chi connectivity index (χ0n) is 19.8. The maximum Gasteiger partial charge on any atom is 0.252 e. The van der Waals surface area contributed by atoms with Gasteiger partial charge in [-0.2, -0.15) is 5.10 Å². The fraction of sp³-hybridized carbons (Fsp3) is 0.440. The van der Waals surface area contributed by atoms with Gasteiger partial charge in [0.2, 0.25) is 0 Å². The van der Waals surface area contributed by atoms with Gasteiger partial charge in [0, 0.05) is 29.9 Å². The monoisotopic (exact) mass is 435 g/mol. The number of aromatic nitrogens is 3. The summed E-state index contributed by atoms with van der Waals surface area (Å²) in [5.74, 6) is -0.0609. The van der Waals surface area contributed by atoms with E-state index in [1.54, 1.807) is 18.3 Å². The number of benzene rings is 1. The minimum absolute atomic E-state index is 0.0857. The summed E-state index contributed by atoms with van der Waals surface area (Å²) in [4.78, 5) is 30.1. The van der Waals surface area contributed by atoms with Crippen LogP contribution in [0.3, 0.4) is 0 Å². The molecule has 0 saturated carbocycles. The molecule has 3 rings (SSSR count). The lowest BCUT2D eigenvalue weighted by molar-refractivity contribution is 0.0934. The second-order valence-corrected chi connectivity index (χ2v) is 8.83.